The molecule has 1 aliphatic carbocycles. The highest BCUT2D eigenvalue weighted by atomic mass is 16.5. The summed E-state index contributed by atoms with van der Waals surface area (Å²) >= 11 is 0. The molecule has 21 heavy (non-hydrogen) atoms. The number of aliphatic hydroxyl groups is 1. The first-order valence-corrected chi connectivity index (χ1v) is 7.28. The molecule has 0 aromatic carbocycles. The third-order valence-electron chi connectivity index (χ3n) is 3.72. The molecule has 0 amide bonds. The number of nitrogens with one attached hydrogen (secondary N) is 1. The maximum Gasteiger partial charge on any atom is 0.339 e. The van der Waals surface area contributed by atoms with E-state index in [1.807, 2.05) is 0 Å². The summed E-state index contributed by atoms with van der Waals surface area (Å²) in [5.74, 6) is -0.614. The number of fused-ring (bicyclic) bond motifs is 1. The number of carboxylic acids is 1. The Bertz CT molecular complexity index is 499. The summed E-state index contributed by atoms with van der Waals surface area (Å²) in [6.07, 6.45) is 4.42. The first-order chi connectivity index (χ1) is 10.2. The number of aromatic carboxylic acids is 1. The largest absolute Gasteiger partial charge is 0.478 e. The van der Waals surface area contributed by atoms with Crippen molar-refractivity contribution in [3.8, 4) is 0 Å². The molecule has 0 fully saturated rings. The average molecular weight is 294 g/mol. The molecular weight excluding hydrogens is 272 g/mol. The fourth-order valence-corrected chi connectivity index (χ4v) is 2.65. The van der Waals surface area contributed by atoms with Gasteiger partial charge in [0.05, 0.1) is 12.6 Å². The Balaban J connectivity index is 2.29. The summed E-state index contributed by atoms with van der Waals surface area (Å²) in [4.78, 5) is 16.0. The molecule has 1 heterocycles. The molecule has 2 rings (SSSR count). The Labute approximate surface area is 124 Å². The highest BCUT2D eigenvalue weighted by Gasteiger charge is 2.20. The molecule has 1 aromatic heterocycles. The lowest BCUT2D eigenvalue weighted by molar-refractivity contribution is 0.0697. The molecule has 1 aromatic rings. The molecule has 6 heteroatoms. The number of aromatic nitrogens is 1. The van der Waals surface area contributed by atoms with E-state index in [0.29, 0.717) is 18.8 Å². The van der Waals surface area contributed by atoms with Gasteiger partial charge in [0, 0.05) is 19.4 Å². The number of aryl methyl sites for hydroxylation is 2. The zero-order chi connectivity index (χ0) is 15.2. The zero-order valence-electron chi connectivity index (χ0n) is 12.3. The van der Waals surface area contributed by atoms with Crippen LogP contribution in [0.4, 0.5) is 5.82 Å². The minimum absolute atomic E-state index is 0.00831. The second-order valence-corrected chi connectivity index (χ2v) is 5.31. The van der Waals surface area contributed by atoms with Gasteiger partial charge in [-0.15, -0.1) is 0 Å². The number of carboxylic acid groups (broad SMARTS) is 1. The van der Waals surface area contributed by atoms with E-state index < -0.39 is 5.97 Å². The molecule has 0 radical (unpaired) electrons. The third kappa shape index (κ3) is 3.92. The first-order valence-electron chi connectivity index (χ1n) is 7.28. The SMILES string of the molecule is COCC(CCO)Nc1nc2c(cc1C(=O)O)CCCC2. The smallest absolute Gasteiger partial charge is 0.339 e. The van der Waals surface area contributed by atoms with Crippen molar-refractivity contribution >= 4 is 11.8 Å². The molecule has 6 nitrogen and oxygen atoms in total. The molecule has 0 aliphatic heterocycles. The van der Waals surface area contributed by atoms with E-state index in [0.717, 1.165) is 36.9 Å². The van der Waals surface area contributed by atoms with E-state index in [2.05, 4.69) is 10.3 Å². The van der Waals surface area contributed by atoms with Gasteiger partial charge in [-0.2, -0.15) is 0 Å². The molecule has 0 saturated heterocycles. The number of carbonyl (C=O) groups is 1. The van der Waals surface area contributed by atoms with Gasteiger partial charge in [0.15, 0.2) is 0 Å². The predicted octanol–water partition coefficient (Wildman–Crippen LogP) is 1.47. The molecule has 0 bridgehead atoms. The van der Waals surface area contributed by atoms with E-state index in [1.165, 1.54) is 0 Å². The number of pyridine rings is 1. The van der Waals surface area contributed by atoms with E-state index >= 15 is 0 Å². The number of ether oxygens (including phenoxy) is 1. The Hall–Kier alpha value is -1.66. The summed E-state index contributed by atoms with van der Waals surface area (Å²) in [5.41, 5.74) is 2.21. The quantitative estimate of drug-likeness (QED) is 0.705. The van der Waals surface area contributed by atoms with Gasteiger partial charge in [0.1, 0.15) is 11.4 Å². The van der Waals surface area contributed by atoms with E-state index in [9.17, 15) is 9.90 Å². The number of anilines is 1. The van der Waals surface area contributed by atoms with Gasteiger partial charge >= 0.3 is 5.97 Å². The van der Waals surface area contributed by atoms with Gasteiger partial charge < -0.3 is 20.3 Å². The highest BCUT2D eigenvalue weighted by molar-refractivity contribution is 5.93. The summed E-state index contributed by atoms with van der Waals surface area (Å²) in [5, 5.41) is 21.6. The maximum atomic E-state index is 11.4. The van der Waals surface area contributed by atoms with Crippen molar-refractivity contribution in [2.45, 2.75) is 38.1 Å². The van der Waals surface area contributed by atoms with Crippen LogP contribution in [0.25, 0.3) is 0 Å². The normalized spacial score (nSPS) is 15.3. The molecule has 116 valence electrons. The van der Waals surface area contributed by atoms with E-state index in [-0.39, 0.29) is 18.2 Å². The Kier molecular flexibility index (Phi) is 5.52. The van der Waals surface area contributed by atoms with Gasteiger partial charge in [0.2, 0.25) is 0 Å². The minimum atomic E-state index is -0.987. The second kappa shape index (κ2) is 7.38. The number of hydrogen-bond donors (Lipinski definition) is 3. The van der Waals surface area contributed by atoms with Crippen LogP contribution in [0.2, 0.25) is 0 Å². The molecule has 0 spiro atoms. The monoisotopic (exact) mass is 294 g/mol. The zero-order valence-corrected chi connectivity index (χ0v) is 12.3. The van der Waals surface area contributed by atoms with Crippen LogP contribution < -0.4 is 5.32 Å². The van der Waals surface area contributed by atoms with E-state index in [1.54, 1.807) is 13.2 Å². The summed E-state index contributed by atoms with van der Waals surface area (Å²) in [7, 11) is 1.57. The molecule has 1 aliphatic rings. The van der Waals surface area contributed by atoms with Crippen LogP contribution in [0.15, 0.2) is 6.07 Å². The first kappa shape index (κ1) is 15.7. The van der Waals surface area contributed by atoms with Gasteiger partial charge in [-0.1, -0.05) is 0 Å². The van der Waals surface area contributed by atoms with Gasteiger partial charge in [-0.25, -0.2) is 9.78 Å². The minimum Gasteiger partial charge on any atom is -0.478 e. The summed E-state index contributed by atoms with van der Waals surface area (Å²) in [6, 6.07) is 1.57. The molecule has 1 unspecified atom stereocenters. The second-order valence-electron chi connectivity index (χ2n) is 5.31. The molecule has 1 atom stereocenters. The predicted molar refractivity (Wildman–Crippen MR) is 78.8 cm³/mol. The van der Waals surface area contributed by atoms with Crippen LogP contribution in [0.5, 0.6) is 0 Å². The standard InChI is InChI=1S/C15H22N2O4/c1-21-9-11(6-7-18)16-14-12(15(19)20)8-10-4-2-3-5-13(10)17-14/h8,11,18H,2-7,9H2,1H3,(H,16,17)(H,19,20). The van der Waals surface area contributed by atoms with Crippen LogP contribution in [0.1, 0.15) is 40.9 Å². The summed E-state index contributed by atoms with van der Waals surface area (Å²) < 4.78 is 5.09. The lowest BCUT2D eigenvalue weighted by Crippen LogP contribution is -2.28. The summed E-state index contributed by atoms with van der Waals surface area (Å²) in [6.45, 7) is 0.396. The van der Waals surface area contributed by atoms with E-state index in [4.69, 9.17) is 9.84 Å². The van der Waals surface area contributed by atoms with Crippen LogP contribution in [-0.2, 0) is 17.6 Å². The molecule has 0 saturated carbocycles. The van der Waals surface area contributed by atoms with Crippen LogP contribution >= 0.6 is 0 Å². The fourth-order valence-electron chi connectivity index (χ4n) is 2.65. The van der Waals surface area contributed by atoms with Gasteiger partial charge in [-0.3, -0.25) is 0 Å². The Morgan fingerprint density at radius 2 is 2.24 bits per heavy atom. The molecule has 3 N–H and O–H groups in total. The van der Waals surface area contributed by atoms with Crippen molar-refractivity contribution in [1.29, 1.82) is 0 Å². The number of aliphatic hydroxyl groups excluding tert-OH is 1. The third-order valence-corrected chi connectivity index (χ3v) is 3.72. The lowest BCUT2D eigenvalue weighted by atomic mass is 9.94. The Morgan fingerprint density at radius 3 is 2.90 bits per heavy atom. The average Bonchev–Trinajstić information content (AvgIpc) is 2.47. The van der Waals surface area contributed by atoms with Gasteiger partial charge in [-0.05, 0) is 43.7 Å². The molecular formula is C15H22N2O4. The number of hydrogen-bond acceptors (Lipinski definition) is 5. The van der Waals surface area contributed by atoms with Gasteiger partial charge in [0.25, 0.3) is 0 Å². The van der Waals surface area contributed by atoms with Crippen molar-refractivity contribution in [1.82, 2.24) is 4.98 Å². The maximum absolute atomic E-state index is 11.4. The fraction of sp³-hybridized carbons (Fsp3) is 0.600. The number of methoxy groups -OCH3 is 1. The topological polar surface area (TPSA) is 91.7 Å². The lowest BCUT2D eigenvalue weighted by Gasteiger charge is -2.22. The van der Waals surface area contributed by atoms with Crippen molar-refractivity contribution < 1.29 is 19.7 Å². The number of nitrogens with zero attached hydrogens (tertiary/aromatic N) is 1. The van der Waals surface area contributed by atoms with Crippen molar-refractivity contribution in [2.75, 3.05) is 25.6 Å². The van der Waals surface area contributed by atoms with Crippen LogP contribution in [0.3, 0.4) is 0 Å². The van der Waals surface area contributed by atoms with Crippen molar-refractivity contribution in [3.63, 3.8) is 0 Å². The number of rotatable bonds is 7. The van der Waals surface area contributed by atoms with Crippen LogP contribution in [-0.4, -0.2) is 47.5 Å². The van der Waals surface area contributed by atoms with Crippen LogP contribution in [0, 0.1) is 0 Å². The van der Waals surface area contributed by atoms with Crippen molar-refractivity contribution in [3.05, 3.63) is 22.9 Å². The van der Waals surface area contributed by atoms with Crippen molar-refractivity contribution in [2.24, 2.45) is 0 Å². The Morgan fingerprint density at radius 1 is 1.48 bits per heavy atom. The highest BCUT2D eigenvalue weighted by Crippen LogP contribution is 2.25.